The normalized spacial score (nSPS) is 10.6. The summed E-state index contributed by atoms with van der Waals surface area (Å²) < 4.78 is 16.8. The van der Waals surface area contributed by atoms with Crippen molar-refractivity contribution in [2.24, 2.45) is 0 Å². The number of nitrogens with one attached hydrogen (secondary N) is 1. The summed E-state index contributed by atoms with van der Waals surface area (Å²) in [4.78, 5) is 17.0. The number of thiazole rings is 1. The average molecular weight is 379 g/mol. The van der Waals surface area contributed by atoms with Gasteiger partial charge < -0.3 is 14.2 Å². The predicted octanol–water partition coefficient (Wildman–Crippen LogP) is 4.23. The number of rotatable bonds is 5. The molecule has 0 bridgehead atoms. The van der Waals surface area contributed by atoms with Gasteiger partial charge >= 0.3 is 0 Å². The van der Waals surface area contributed by atoms with Gasteiger partial charge in [-0.25, -0.2) is 4.98 Å². The molecule has 0 spiro atoms. The maximum Gasteiger partial charge on any atom is 0.261 e. The van der Waals surface area contributed by atoms with E-state index in [1.54, 1.807) is 30.3 Å². The number of hydrogen-bond donors (Lipinski definition) is 1. The van der Waals surface area contributed by atoms with Gasteiger partial charge in [-0.15, -0.1) is 0 Å². The minimum Gasteiger partial charge on any atom is -0.493 e. The van der Waals surface area contributed by atoms with Crippen LogP contribution >= 0.6 is 22.9 Å². The smallest absolute Gasteiger partial charge is 0.261 e. The second-order valence-corrected chi connectivity index (χ2v) is 6.43. The number of hydrogen-bond acceptors (Lipinski definition) is 6. The minimum absolute atomic E-state index is 0.295. The Kier molecular flexibility index (Phi) is 4.96. The molecule has 6 nitrogen and oxygen atoms in total. The van der Waals surface area contributed by atoms with Crippen LogP contribution in [0.5, 0.6) is 17.2 Å². The lowest BCUT2D eigenvalue weighted by atomic mass is 10.1. The molecule has 1 heterocycles. The largest absolute Gasteiger partial charge is 0.493 e. The van der Waals surface area contributed by atoms with Crippen molar-refractivity contribution in [1.82, 2.24) is 4.98 Å². The molecule has 1 amide bonds. The van der Waals surface area contributed by atoms with Crippen LogP contribution in [0.3, 0.4) is 0 Å². The molecule has 0 saturated carbocycles. The number of ether oxygens (including phenoxy) is 3. The molecule has 3 aromatic rings. The van der Waals surface area contributed by atoms with Crippen LogP contribution in [0, 0.1) is 0 Å². The van der Waals surface area contributed by atoms with Crippen molar-refractivity contribution in [3.8, 4) is 17.2 Å². The second kappa shape index (κ2) is 7.16. The summed E-state index contributed by atoms with van der Waals surface area (Å²) in [6, 6.07) is 8.63. The fraction of sp³-hybridized carbons (Fsp3) is 0.176. The quantitative estimate of drug-likeness (QED) is 0.719. The Labute approximate surface area is 153 Å². The van der Waals surface area contributed by atoms with E-state index >= 15 is 0 Å². The fourth-order valence-electron chi connectivity index (χ4n) is 2.40. The van der Waals surface area contributed by atoms with Gasteiger partial charge in [0.05, 0.1) is 37.1 Å². The summed E-state index contributed by atoms with van der Waals surface area (Å²) in [5.74, 6) is 0.769. The minimum atomic E-state index is -0.358. The van der Waals surface area contributed by atoms with Crippen molar-refractivity contribution in [3.05, 3.63) is 40.9 Å². The Morgan fingerprint density at radius 3 is 2.52 bits per heavy atom. The molecule has 0 atom stereocenters. The first-order valence-corrected chi connectivity index (χ1v) is 8.43. The summed E-state index contributed by atoms with van der Waals surface area (Å²) in [6.45, 7) is 0. The molecule has 1 aromatic heterocycles. The first-order valence-electron chi connectivity index (χ1n) is 7.23. The van der Waals surface area contributed by atoms with E-state index < -0.39 is 0 Å². The summed E-state index contributed by atoms with van der Waals surface area (Å²) in [5, 5.41) is 3.87. The van der Waals surface area contributed by atoms with Gasteiger partial charge in [-0.1, -0.05) is 22.9 Å². The van der Waals surface area contributed by atoms with E-state index in [-0.39, 0.29) is 5.91 Å². The van der Waals surface area contributed by atoms with E-state index in [9.17, 15) is 4.79 Å². The Morgan fingerprint density at radius 2 is 1.84 bits per heavy atom. The molecule has 130 valence electrons. The van der Waals surface area contributed by atoms with E-state index in [0.29, 0.717) is 33.0 Å². The van der Waals surface area contributed by atoms with Gasteiger partial charge in [0.15, 0.2) is 16.6 Å². The fourth-order valence-corrected chi connectivity index (χ4v) is 3.53. The Hall–Kier alpha value is -2.51. The number of amides is 1. The third-order valence-corrected chi connectivity index (χ3v) is 4.69. The summed E-state index contributed by atoms with van der Waals surface area (Å²) >= 11 is 7.32. The lowest BCUT2D eigenvalue weighted by Gasteiger charge is -2.15. The van der Waals surface area contributed by atoms with E-state index in [1.807, 2.05) is 0 Å². The number of fused-ring (bicyclic) bond motifs is 1. The highest BCUT2D eigenvalue weighted by atomic mass is 35.5. The molecular formula is C17H15ClN2O4S. The van der Waals surface area contributed by atoms with Crippen LogP contribution in [0.2, 0.25) is 5.02 Å². The van der Waals surface area contributed by atoms with Crippen LogP contribution in [0.25, 0.3) is 10.2 Å². The monoisotopic (exact) mass is 378 g/mol. The molecule has 1 N–H and O–H groups in total. The van der Waals surface area contributed by atoms with Crippen molar-refractivity contribution in [1.29, 1.82) is 0 Å². The van der Waals surface area contributed by atoms with Crippen LogP contribution in [0.15, 0.2) is 30.3 Å². The number of methoxy groups -OCH3 is 3. The van der Waals surface area contributed by atoms with Crippen molar-refractivity contribution in [2.75, 3.05) is 26.6 Å². The molecule has 0 saturated heterocycles. The molecule has 0 radical (unpaired) electrons. The van der Waals surface area contributed by atoms with Gasteiger partial charge in [-0.3, -0.25) is 10.1 Å². The molecule has 0 unspecified atom stereocenters. The molecule has 25 heavy (non-hydrogen) atoms. The topological polar surface area (TPSA) is 69.7 Å². The predicted molar refractivity (Wildman–Crippen MR) is 98.7 cm³/mol. The molecule has 0 aliphatic carbocycles. The van der Waals surface area contributed by atoms with E-state index in [2.05, 4.69) is 10.3 Å². The van der Waals surface area contributed by atoms with Crippen molar-refractivity contribution >= 4 is 44.2 Å². The van der Waals surface area contributed by atoms with Gasteiger partial charge in [0.2, 0.25) is 5.75 Å². The highest BCUT2D eigenvalue weighted by Crippen LogP contribution is 2.40. The molecular weight excluding hydrogens is 364 g/mol. The van der Waals surface area contributed by atoms with Gasteiger partial charge in [0.1, 0.15) is 0 Å². The van der Waals surface area contributed by atoms with Gasteiger partial charge in [0, 0.05) is 5.02 Å². The number of carbonyl (C=O) groups excluding carboxylic acids is 1. The third-order valence-electron chi connectivity index (χ3n) is 3.52. The maximum absolute atomic E-state index is 12.7. The Balaban J connectivity index is 1.94. The number of aromatic nitrogens is 1. The Morgan fingerprint density at radius 1 is 1.08 bits per heavy atom. The molecule has 0 aliphatic heterocycles. The lowest BCUT2D eigenvalue weighted by molar-refractivity contribution is 0.102. The van der Waals surface area contributed by atoms with Crippen LogP contribution in [-0.4, -0.2) is 32.2 Å². The van der Waals surface area contributed by atoms with Crippen molar-refractivity contribution in [3.63, 3.8) is 0 Å². The van der Waals surface area contributed by atoms with E-state index in [4.69, 9.17) is 25.8 Å². The van der Waals surface area contributed by atoms with E-state index in [0.717, 1.165) is 10.2 Å². The Bertz CT molecular complexity index is 942. The van der Waals surface area contributed by atoms with Gasteiger partial charge in [0.25, 0.3) is 5.91 Å². The number of anilines is 1. The maximum atomic E-state index is 12.7. The zero-order valence-corrected chi connectivity index (χ0v) is 15.3. The first-order chi connectivity index (χ1) is 12.1. The van der Waals surface area contributed by atoms with Gasteiger partial charge in [-0.2, -0.15) is 0 Å². The van der Waals surface area contributed by atoms with Gasteiger partial charge in [-0.05, 0) is 30.3 Å². The number of halogens is 1. The standard InChI is InChI=1S/C17H15ClN2O4S/c1-22-12-7-5-10(14(23-2)15(12)24-3)16(21)20-17-19-11-6-4-9(18)8-13(11)25-17/h4-8H,1-3H3,(H,19,20,21). The van der Waals surface area contributed by atoms with Crippen LogP contribution in [-0.2, 0) is 0 Å². The van der Waals surface area contributed by atoms with E-state index in [1.165, 1.54) is 32.7 Å². The highest BCUT2D eigenvalue weighted by molar-refractivity contribution is 7.22. The van der Waals surface area contributed by atoms with Crippen molar-refractivity contribution in [2.45, 2.75) is 0 Å². The molecule has 8 heteroatoms. The lowest BCUT2D eigenvalue weighted by Crippen LogP contribution is -2.13. The number of carbonyl (C=O) groups is 1. The zero-order chi connectivity index (χ0) is 18.0. The summed E-state index contributed by atoms with van der Waals surface area (Å²) in [5.41, 5.74) is 1.08. The number of benzene rings is 2. The third kappa shape index (κ3) is 3.33. The highest BCUT2D eigenvalue weighted by Gasteiger charge is 2.21. The van der Waals surface area contributed by atoms with Crippen LogP contribution in [0.4, 0.5) is 5.13 Å². The zero-order valence-electron chi connectivity index (χ0n) is 13.8. The van der Waals surface area contributed by atoms with Crippen molar-refractivity contribution < 1.29 is 19.0 Å². The second-order valence-electron chi connectivity index (χ2n) is 4.97. The molecule has 0 fully saturated rings. The molecule has 2 aromatic carbocycles. The van der Waals surface area contributed by atoms with Crippen LogP contribution in [0.1, 0.15) is 10.4 Å². The SMILES string of the molecule is COc1ccc(C(=O)Nc2nc3ccc(Cl)cc3s2)c(OC)c1OC. The van der Waals surface area contributed by atoms with Crippen LogP contribution < -0.4 is 19.5 Å². The number of nitrogens with zero attached hydrogens (tertiary/aromatic N) is 1. The average Bonchev–Trinajstić information content (AvgIpc) is 3.01. The molecule has 0 aliphatic rings. The first kappa shape index (κ1) is 17.3. The molecule has 3 rings (SSSR count). The summed E-state index contributed by atoms with van der Waals surface area (Å²) in [7, 11) is 4.47. The summed E-state index contributed by atoms with van der Waals surface area (Å²) in [6.07, 6.45) is 0.